The second kappa shape index (κ2) is 7.70. The van der Waals surface area contributed by atoms with Gasteiger partial charge in [0.25, 0.3) is 5.91 Å². The van der Waals surface area contributed by atoms with Crippen LogP contribution in [0.2, 0.25) is 0 Å². The van der Waals surface area contributed by atoms with E-state index >= 15 is 0 Å². The molecule has 0 unspecified atom stereocenters. The van der Waals surface area contributed by atoms with Crippen LogP contribution in [-0.4, -0.2) is 25.2 Å². The Morgan fingerprint density at radius 3 is 2.46 bits per heavy atom. The van der Waals surface area contributed by atoms with E-state index in [9.17, 15) is 15.2 Å². The number of carbonyl (C=O) groups excluding carboxylic acids is 1. The fourth-order valence-corrected chi connectivity index (χ4v) is 1.97. The lowest BCUT2D eigenvalue weighted by atomic mass is 10.1. The van der Waals surface area contributed by atoms with Crippen LogP contribution in [-0.2, 0) is 4.79 Å². The molecule has 2 N–H and O–H groups in total. The highest BCUT2D eigenvalue weighted by Gasteiger charge is 2.10. The highest BCUT2D eigenvalue weighted by Crippen LogP contribution is 2.27. The minimum absolute atomic E-state index is 0.0177. The van der Waals surface area contributed by atoms with E-state index in [1.807, 2.05) is 6.07 Å². The van der Waals surface area contributed by atoms with E-state index in [1.165, 1.54) is 25.3 Å². The standard InChI is InChI=1S/C18H16N2O4/c1-23-15-6-4-14(5-7-15)20-18(22)13(11-19)9-12-3-8-16(21)17(10-12)24-2/h3-10,21H,1-2H3,(H,20,22)/b13-9+. The van der Waals surface area contributed by atoms with Gasteiger partial charge in [-0.05, 0) is 48.0 Å². The molecule has 0 aliphatic heterocycles. The number of hydrogen-bond donors (Lipinski definition) is 2. The molecular formula is C18H16N2O4. The number of aromatic hydroxyl groups is 1. The van der Waals surface area contributed by atoms with E-state index in [1.54, 1.807) is 37.4 Å². The van der Waals surface area contributed by atoms with E-state index in [-0.39, 0.29) is 17.1 Å². The van der Waals surface area contributed by atoms with Crippen molar-refractivity contribution in [2.75, 3.05) is 19.5 Å². The number of phenolic OH excluding ortho intramolecular Hbond substituents is 1. The molecule has 0 bridgehead atoms. The van der Waals surface area contributed by atoms with E-state index in [0.717, 1.165) is 0 Å². The van der Waals surface area contributed by atoms with Crippen molar-refractivity contribution in [3.05, 3.63) is 53.6 Å². The summed E-state index contributed by atoms with van der Waals surface area (Å²) in [4.78, 5) is 12.2. The van der Waals surface area contributed by atoms with Gasteiger partial charge in [0.1, 0.15) is 17.4 Å². The molecule has 24 heavy (non-hydrogen) atoms. The number of nitriles is 1. The number of ether oxygens (including phenoxy) is 2. The normalized spacial score (nSPS) is 10.6. The van der Waals surface area contributed by atoms with Gasteiger partial charge in [-0.25, -0.2) is 0 Å². The minimum Gasteiger partial charge on any atom is -0.504 e. The van der Waals surface area contributed by atoms with Crippen molar-refractivity contribution in [3.8, 4) is 23.3 Å². The molecule has 6 nitrogen and oxygen atoms in total. The summed E-state index contributed by atoms with van der Waals surface area (Å²) in [5, 5.41) is 21.4. The number of benzene rings is 2. The van der Waals surface area contributed by atoms with Gasteiger partial charge in [-0.2, -0.15) is 5.26 Å². The fourth-order valence-electron chi connectivity index (χ4n) is 1.97. The van der Waals surface area contributed by atoms with Crippen molar-refractivity contribution < 1.29 is 19.4 Å². The smallest absolute Gasteiger partial charge is 0.266 e. The molecule has 0 spiro atoms. The van der Waals surface area contributed by atoms with Gasteiger partial charge in [0.2, 0.25) is 0 Å². The summed E-state index contributed by atoms with van der Waals surface area (Å²) in [6.07, 6.45) is 1.42. The monoisotopic (exact) mass is 324 g/mol. The third-order valence-electron chi connectivity index (χ3n) is 3.23. The van der Waals surface area contributed by atoms with Crippen molar-refractivity contribution in [1.29, 1.82) is 5.26 Å². The van der Waals surface area contributed by atoms with Crippen molar-refractivity contribution in [1.82, 2.24) is 0 Å². The number of methoxy groups -OCH3 is 2. The van der Waals surface area contributed by atoms with Crippen molar-refractivity contribution >= 4 is 17.7 Å². The average Bonchev–Trinajstić information content (AvgIpc) is 2.61. The maximum absolute atomic E-state index is 12.2. The molecule has 0 saturated heterocycles. The van der Waals surface area contributed by atoms with Crippen molar-refractivity contribution in [2.45, 2.75) is 0 Å². The minimum atomic E-state index is -0.533. The maximum Gasteiger partial charge on any atom is 0.266 e. The number of nitrogens with zero attached hydrogens (tertiary/aromatic N) is 1. The Labute approximate surface area is 139 Å². The molecule has 0 heterocycles. The molecule has 2 aromatic rings. The predicted octanol–water partition coefficient (Wildman–Crippen LogP) is 2.96. The third-order valence-corrected chi connectivity index (χ3v) is 3.23. The van der Waals surface area contributed by atoms with Crippen LogP contribution in [0.3, 0.4) is 0 Å². The Morgan fingerprint density at radius 1 is 1.17 bits per heavy atom. The molecule has 0 aliphatic rings. The van der Waals surface area contributed by atoms with Crippen molar-refractivity contribution in [3.63, 3.8) is 0 Å². The number of hydrogen-bond acceptors (Lipinski definition) is 5. The summed E-state index contributed by atoms with van der Waals surface area (Å²) < 4.78 is 10.0. The van der Waals surface area contributed by atoms with Crippen LogP contribution >= 0.6 is 0 Å². The second-order valence-corrected chi connectivity index (χ2v) is 4.78. The molecule has 2 aromatic carbocycles. The molecule has 0 saturated carbocycles. The topological polar surface area (TPSA) is 91.6 Å². The summed E-state index contributed by atoms with van der Waals surface area (Å²) in [6, 6.07) is 13.2. The first-order chi connectivity index (χ1) is 11.6. The third kappa shape index (κ3) is 4.05. The number of nitrogens with one attached hydrogen (secondary N) is 1. The number of rotatable bonds is 5. The number of anilines is 1. The lowest BCUT2D eigenvalue weighted by Gasteiger charge is -2.06. The molecule has 0 aliphatic carbocycles. The van der Waals surface area contributed by atoms with Crippen LogP contribution in [0.5, 0.6) is 17.2 Å². The number of amides is 1. The first-order valence-electron chi connectivity index (χ1n) is 7.01. The summed E-state index contributed by atoms with van der Waals surface area (Å²) >= 11 is 0. The number of carbonyl (C=O) groups is 1. The first kappa shape index (κ1) is 16.9. The van der Waals surface area contributed by atoms with Crippen molar-refractivity contribution in [2.24, 2.45) is 0 Å². The lowest BCUT2D eigenvalue weighted by molar-refractivity contribution is -0.112. The van der Waals surface area contributed by atoms with E-state index in [0.29, 0.717) is 17.0 Å². The predicted molar refractivity (Wildman–Crippen MR) is 89.9 cm³/mol. The molecule has 122 valence electrons. The summed E-state index contributed by atoms with van der Waals surface area (Å²) in [5.41, 5.74) is 1.04. The zero-order valence-corrected chi connectivity index (χ0v) is 13.2. The highest BCUT2D eigenvalue weighted by atomic mass is 16.5. The Morgan fingerprint density at radius 2 is 1.88 bits per heavy atom. The average molecular weight is 324 g/mol. The Kier molecular flexibility index (Phi) is 5.42. The lowest BCUT2D eigenvalue weighted by Crippen LogP contribution is -2.13. The SMILES string of the molecule is COc1ccc(NC(=O)/C(C#N)=C/c2ccc(O)c(OC)c2)cc1. The molecule has 1 amide bonds. The molecule has 6 heteroatoms. The number of phenols is 1. The molecule has 0 atom stereocenters. The van der Waals surface area contributed by atoms with E-state index < -0.39 is 5.91 Å². The van der Waals surface area contributed by atoms with Crippen LogP contribution in [0.4, 0.5) is 5.69 Å². The quantitative estimate of drug-likeness (QED) is 0.652. The van der Waals surface area contributed by atoms with Crippen LogP contribution < -0.4 is 14.8 Å². The van der Waals surface area contributed by atoms with Crippen LogP contribution in [0.25, 0.3) is 6.08 Å². The van der Waals surface area contributed by atoms with Gasteiger partial charge in [-0.1, -0.05) is 6.07 Å². The Bertz CT molecular complexity index is 805. The van der Waals surface area contributed by atoms with Gasteiger partial charge < -0.3 is 19.9 Å². The fraction of sp³-hybridized carbons (Fsp3) is 0.111. The van der Waals surface area contributed by atoms with Gasteiger partial charge in [-0.15, -0.1) is 0 Å². The van der Waals surface area contributed by atoms with Crippen LogP contribution in [0, 0.1) is 11.3 Å². The Hall–Kier alpha value is -3.46. The van der Waals surface area contributed by atoms with Gasteiger partial charge in [0.05, 0.1) is 14.2 Å². The zero-order valence-electron chi connectivity index (χ0n) is 13.2. The zero-order chi connectivity index (χ0) is 17.5. The molecule has 2 rings (SSSR count). The molecular weight excluding hydrogens is 308 g/mol. The second-order valence-electron chi connectivity index (χ2n) is 4.78. The van der Waals surface area contributed by atoms with Gasteiger partial charge >= 0.3 is 0 Å². The summed E-state index contributed by atoms with van der Waals surface area (Å²) in [6.45, 7) is 0. The summed E-state index contributed by atoms with van der Waals surface area (Å²) in [7, 11) is 2.97. The first-order valence-corrected chi connectivity index (χ1v) is 7.01. The maximum atomic E-state index is 12.2. The Balaban J connectivity index is 2.20. The van der Waals surface area contributed by atoms with Gasteiger partial charge in [-0.3, -0.25) is 4.79 Å². The molecule has 0 radical (unpaired) electrons. The van der Waals surface area contributed by atoms with Crippen LogP contribution in [0.15, 0.2) is 48.0 Å². The largest absolute Gasteiger partial charge is 0.504 e. The highest BCUT2D eigenvalue weighted by molar-refractivity contribution is 6.09. The summed E-state index contributed by atoms with van der Waals surface area (Å²) in [5.74, 6) is 0.377. The van der Waals surface area contributed by atoms with Gasteiger partial charge in [0, 0.05) is 5.69 Å². The van der Waals surface area contributed by atoms with Gasteiger partial charge in [0.15, 0.2) is 11.5 Å². The van der Waals surface area contributed by atoms with E-state index in [2.05, 4.69) is 5.32 Å². The molecule has 0 aromatic heterocycles. The van der Waals surface area contributed by atoms with Crippen LogP contribution in [0.1, 0.15) is 5.56 Å². The molecule has 0 fully saturated rings. The van der Waals surface area contributed by atoms with E-state index in [4.69, 9.17) is 9.47 Å².